The number of fused-ring (bicyclic) bond motifs is 1. The second-order valence-electron chi connectivity index (χ2n) is 3.57. The van der Waals surface area contributed by atoms with Gasteiger partial charge in [-0.2, -0.15) is 0 Å². The smallest absolute Gasteiger partial charge is 0.0756 e. The van der Waals surface area contributed by atoms with Gasteiger partial charge in [0.05, 0.1) is 11.2 Å². The second-order valence-corrected chi connectivity index (χ2v) is 4.01. The third-order valence-corrected chi connectivity index (χ3v) is 2.57. The summed E-state index contributed by atoms with van der Waals surface area (Å²) in [7, 11) is 0. The Balaban J connectivity index is 2.89. The van der Waals surface area contributed by atoms with Crippen LogP contribution in [0.2, 0.25) is 5.02 Å². The molecule has 0 aliphatic rings. The molecule has 0 unspecified atom stereocenters. The Kier molecular flexibility index (Phi) is 2.50. The van der Waals surface area contributed by atoms with Crippen LogP contribution in [0.5, 0.6) is 0 Å². The van der Waals surface area contributed by atoms with Crippen LogP contribution < -0.4 is 11.3 Å². The van der Waals surface area contributed by atoms with Crippen LogP contribution in [-0.2, 0) is 0 Å². The number of rotatable bonds is 1. The topological polar surface area (TPSA) is 50.9 Å². The summed E-state index contributed by atoms with van der Waals surface area (Å²) < 4.78 is 0. The van der Waals surface area contributed by atoms with Crippen molar-refractivity contribution in [2.24, 2.45) is 5.84 Å². The molecule has 0 aliphatic heterocycles. The minimum absolute atomic E-state index is 0.696. The first-order valence-corrected chi connectivity index (χ1v) is 5.03. The highest BCUT2D eigenvalue weighted by Gasteiger charge is 2.06. The molecule has 0 spiro atoms. The molecule has 3 N–H and O–H groups in total. The molecule has 0 fully saturated rings. The number of anilines is 1. The number of nitrogens with one attached hydrogen (secondary N) is 1. The van der Waals surface area contributed by atoms with E-state index >= 15 is 0 Å². The van der Waals surface area contributed by atoms with Gasteiger partial charge in [-0.1, -0.05) is 11.6 Å². The predicted molar refractivity (Wildman–Crippen MR) is 64.0 cm³/mol. The average molecular weight is 222 g/mol. The van der Waals surface area contributed by atoms with Crippen molar-refractivity contribution in [2.45, 2.75) is 13.8 Å². The van der Waals surface area contributed by atoms with Gasteiger partial charge in [0.25, 0.3) is 0 Å². The van der Waals surface area contributed by atoms with Gasteiger partial charge in [-0.25, -0.2) is 0 Å². The van der Waals surface area contributed by atoms with Crippen molar-refractivity contribution in [2.75, 3.05) is 5.43 Å². The number of hydrogen-bond acceptors (Lipinski definition) is 3. The highest BCUT2D eigenvalue weighted by molar-refractivity contribution is 6.31. The molecule has 1 aromatic heterocycles. The average Bonchev–Trinajstić information content (AvgIpc) is 2.18. The molecular formula is C11H12ClN3. The lowest BCUT2D eigenvalue weighted by Gasteiger charge is -2.09. The molecule has 0 aliphatic carbocycles. The Morgan fingerprint density at radius 1 is 1.27 bits per heavy atom. The number of halogens is 1. The van der Waals surface area contributed by atoms with E-state index in [1.165, 1.54) is 0 Å². The maximum atomic E-state index is 6.00. The van der Waals surface area contributed by atoms with Gasteiger partial charge in [0.15, 0.2) is 0 Å². The van der Waals surface area contributed by atoms with Crippen LogP contribution in [-0.4, -0.2) is 4.98 Å². The molecule has 2 rings (SSSR count). The predicted octanol–water partition coefficient (Wildman–Crippen LogP) is 2.79. The molecule has 1 aromatic carbocycles. The number of nitrogens with zero attached hydrogens (tertiary/aromatic N) is 1. The van der Waals surface area contributed by atoms with E-state index in [9.17, 15) is 0 Å². The van der Waals surface area contributed by atoms with E-state index in [4.69, 9.17) is 17.4 Å². The van der Waals surface area contributed by atoms with Crippen molar-refractivity contribution in [3.05, 3.63) is 34.5 Å². The molecule has 78 valence electrons. The molecular weight excluding hydrogens is 210 g/mol. The fraction of sp³-hybridized carbons (Fsp3) is 0.182. The molecule has 0 amide bonds. The van der Waals surface area contributed by atoms with Gasteiger partial charge in [0.2, 0.25) is 0 Å². The van der Waals surface area contributed by atoms with E-state index in [1.807, 2.05) is 32.0 Å². The molecule has 0 saturated carbocycles. The highest BCUT2D eigenvalue weighted by atomic mass is 35.5. The minimum Gasteiger partial charge on any atom is -0.323 e. The summed E-state index contributed by atoms with van der Waals surface area (Å²) in [5.41, 5.74) is 6.44. The lowest BCUT2D eigenvalue weighted by molar-refractivity contribution is 1.23. The van der Waals surface area contributed by atoms with E-state index in [0.29, 0.717) is 5.02 Å². The SMILES string of the molecule is Cc1cc(NN)c2cc(Cl)cc(C)c2n1. The Bertz CT molecular complexity index is 523. The number of hydrogen-bond donors (Lipinski definition) is 2. The van der Waals surface area contributed by atoms with E-state index < -0.39 is 0 Å². The minimum atomic E-state index is 0.696. The summed E-state index contributed by atoms with van der Waals surface area (Å²) in [4.78, 5) is 4.47. The van der Waals surface area contributed by atoms with E-state index in [1.54, 1.807) is 0 Å². The van der Waals surface area contributed by atoms with Gasteiger partial charge in [-0.15, -0.1) is 0 Å². The molecule has 0 saturated heterocycles. The van der Waals surface area contributed by atoms with Gasteiger partial charge >= 0.3 is 0 Å². The highest BCUT2D eigenvalue weighted by Crippen LogP contribution is 2.28. The maximum absolute atomic E-state index is 6.00. The lowest BCUT2D eigenvalue weighted by atomic mass is 10.1. The molecule has 15 heavy (non-hydrogen) atoms. The first-order chi connectivity index (χ1) is 7.11. The first kappa shape index (κ1) is 10.2. The Morgan fingerprint density at radius 2 is 2.00 bits per heavy atom. The summed E-state index contributed by atoms with van der Waals surface area (Å²) in [6.45, 7) is 3.93. The number of benzene rings is 1. The van der Waals surface area contributed by atoms with Gasteiger partial charge in [-0.05, 0) is 37.6 Å². The largest absolute Gasteiger partial charge is 0.323 e. The summed E-state index contributed by atoms with van der Waals surface area (Å²) in [5, 5.41) is 1.65. The standard InChI is InChI=1S/C11H12ClN3/c1-6-3-8(12)5-9-10(15-13)4-7(2)14-11(6)9/h3-5H,13H2,1-2H3,(H,14,15). The number of pyridine rings is 1. The van der Waals surface area contributed by atoms with E-state index in [-0.39, 0.29) is 0 Å². The van der Waals surface area contributed by atoms with Gasteiger partial charge < -0.3 is 5.43 Å². The van der Waals surface area contributed by atoms with Crippen molar-refractivity contribution < 1.29 is 0 Å². The van der Waals surface area contributed by atoms with E-state index in [0.717, 1.165) is 27.8 Å². The number of aromatic nitrogens is 1. The van der Waals surface area contributed by atoms with E-state index in [2.05, 4.69) is 10.4 Å². The normalized spacial score (nSPS) is 10.7. The number of nitrogen functional groups attached to an aromatic ring is 1. The number of nitrogens with two attached hydrogens (primary N) is 1. The fourth-order valence-electron chi connectivity index (χ4n) is 1.70. The second kappa shape index (κ2) is 3.68. The first-order valence-electron chi connectivity index (χ1n) is 4.66. The fourth-order valence-corrected chi connectivity index (χ4v) is 1.98. The molecule has 0 radical (unpaired) electrons. The summed E-state index contributed by atoms with van der Waals surface area (Å²) in [5.74, 6) is 5.46. The van der Waals surface area contributed by atoms with Gasteiger partial charge in [-0.3, -0.25) is 10.8 Å². The van der Waals surface area contributed by atoms with Gasteiger partial charge in [0, 0.05) is 16.1 Å². The molecule has 0 bridgehead atoms. The van der Waals surface area contributed by atoms with Crippen LogP contribution in [0.1, 0.15) is 11.3 Å². The van der Waals surface area contributed by atoms with Crippen LogP contribution in [0.4, 0.5) is 5.69 Å². The van der Waals surface area contributed by atoms with Crippen LogP contribution in [0, 0.1) is 13.8 Å². The third-order valence-electron chi connectivity index (χ3n) is 2.35. The Hall–Kier alpha value is -1.32. The van der Waals surface area contributed by atoms with Crippen LogP contribution in [0.15, 0.2) is 18.2 Å². The van der Waals surface area contributed by atoms with Crippen molar-refractivity contribution >= 4 is 28.2 Å². The summed E-state index contributed by atoms with van der Waals surface area (Å²) in [6.07, 6.45) is 0. The summed E-state index contributed by atoms with van der Waals surface area (Å²) >= 11 is 6.00. The quantitative estimate of drug-likeness (QED) is 0.575. The summed E-state index contributed by atoms with van der Waals surface area (Å²) in [6, 6.07) is 5.67. The van der Waals surface area contributed by atoms with Crippen molar-refractivity contribution in [3.8, 4) is 0 Å². The molecule has 4 heteroatoms. The Labute approximate surface area is 93.2 Å². The van der Waals surface area contributed by atoms with Crippen molar-refractivity contribution in [3.63, 3.8) is 0 Å². The van der Waals surface area contributed by atoms with Crippen molar-refractivity contribution in [1.29, 1.82) is 0 Å². The van der Waals surface area contributed by atoms with Gasteiger partial charge in [0.1, 0.15) is 0 Å². The zero-order valence-electron chi connectivity index (χ0n) is 8.63. The Morgan fingerprint density at radius 3 is 2.67 bits per heavy atom. The molecule has 1 heterocycles. The zero-order valence-corrected chi connectivity index (χ0v) is 9.39. The number of hydrazine groups is 1. The molecule has 2 aromatic rings. The van der Waals surface area contributed by atoms with Crippen molar-refractivity contribution in [1.82, 2.24) is 4.98 Å². The maximum Gasteiger partial charge on any atom is 0.0756 e. The molecule has 0 atom stereocenters. The van der Waals surface area contributed by atoms with Crippen LogP contribution in [0.25, 0.3) is 10.9 Å². The monoisotopic (exact) mass is 221 g/mol. The molecule has 3 nitrogen and oxygen atoms in total. The zero-order chi connectivity index (χ0) is 11.0. The number of aryl methyl sites for hydroxylation is 2. The van der Waals surface area contributed by atoms with Crippen LogP contribution >= 0.6 is 11.6 Å². The van der Waals surface area contributed by atoms with Crippen LogP contribution in [0.3, 0.4) is 0 Å². The lowest BCUT2D eigenvalue weighted by Crippen LogP contribution is -2.08. The third kappa shape index (κ3) is 1.76.